The van der Waals surface area contributed by atoms with E-state index in [1.807, 2.05) is 18.2 Å². The maximum atomic E-state index is 10.3. The van der Waals surface area contributed by atoms with E-state index in [9.17, 15) is 5.11 Å². The third kappa shape index (κ3) is 2.47. The number of ether oxygens (including phenoxy) is 2. The molecule has 0 radical (unpaired) electrons. The molecule has 3 heteroatoms. The Kier molecular flexibility index (Phi) is 3.47. The third-order valence-electron chi connectivity index (χ3n) is 4.15. The van der Waals surface area contributed by atoms with Crippen molar-refractivity contribution >= 4 is 0 Å². The highest BCUT2D eigenvalue weighted by Crippen LogP contribution is 2.40. The van der Waals surface area contributed by atoms with E-state index >= 15 is 0 Å². The minimum absolute atomic E-state index is 0.111. The van der Waals surface area contributed by atoms with Gasteiger partial charge in [-0.05, 0) is 37.3 Å². The van der Waals surface area contributed by atoms with E-state index in [4.69, 9.17) is 9.47 Å². The molecule has 1 aliphatic carbocycles. The molecule has 1 aliphatic heterocycles. The molecular weight excluding hydrogens is 240 g/mol. The van der Waals surface area contributed by atoms with E-state index in [0.717, 1.165) is 36.3 Å². The summed E-state index contributed by atoms with van der Waals surface area (Å²) in [5, 5.41) is 10.3. The maximum absolute atomic E-state index is 10.3. The summed E-state index contributed by atoms with van der Waals surface area (Å²) in [6.07, 6.45) is 8.15. The van der Waals surface area contributed by atoms with Gasteiger partial charge >= 0.3 is 0 Å². The summed E-state index contributed by atoms with van der Waals surface area (Å²) in [6, 6.07) is 5.65. The van der Waals surface area contributed by atoms with Gasteiger partial charge in [-0.1, -0.05) is 12.2 Å². The van der Waals surface area contributed by atoms with Gasteiger partial charge in [0.05, 0.1) is 13.2 Å². The normalized spacial score (nSPS) is 29.5. The maximum Gasteiger partial charge on any atom is 0.129 e. The zero-order chi connectivity index (χ0) is 13.2. The quantitative estimate of drug-likeness (QED) is 0.830. The van der Waals surface area contributed by atoms with Crippen molar-refractivity contribution in [3.8, 4) is 11.5 Å². The van der Waals surface area contributed by atoms with Gasteiger partial charge in [0.1, 0.15) is 17.6 Å². The topological polar surface area (TPSA) is 38.7 Å². The molecule has 0 aromatic heterocycles. The second kappa shape index (κ2) is 5.25. The van der Waals surface area contributed by atoms with Gasteiger partial charge < -0.3 is 14.6 Å². The molecule has 0 fully saturated rings. The molecule has 3 rings (SSSR count). The lowest BCUT2D eigenvalue weighted by Gasteiger charge is -2.35. The Hall–Kier alpha value is -1.48. The Morgan fingerprint density at radius 3 is 2.95 bits per heavy atom. The first-order valence-corrected chi connectivity index (χ1v) is 6.95. The van der Waals surface area contributed by atoms with Crippen LogP contribution in [0.15, 0.2) is 30.4 Å². The van der Waals surface area contributed by atoms with Crippen molar-refractivity contribution in [1.82, 2.24) is 0 Å². The first kappa shape index (κ1) is 12.5. The highest BCUT2D eigenvalue weighted by Gasteiger charge is 2.32. The van der Waals surface area contributed by atoms with Crippen LogP contribution in [0.3, 0.4) is 0 Å². The van der Waals surface area contributed by atoms with E-state index in [1.54, 1.807) is 7.11 Å². The van der Waals surface area contributed by atoms with Gasteiger partial charge in [-0.25, -0.2) is 0 Å². The van der Waals surface area contributed by atoms with Gasteiger partial charge in [-0.3, -0.25) is 0 Å². The molecule has 1 heterocycles. The van der Waals surface area contributed by atoms with Crippen LogP contribution in [0, 0.1) is 5.92 Å². The smallest absolute Gasteiger partial charge is 0.129 e. The van der Waals surface area contributed by atoms with Gasteiger partial charge in [-0.15, -0.1) is 0 Å². The molecule has 102 valence electrons. The number of allylic oxidation sites excluding steroid dienone is 2. The molecule has 0 spiro atoms. The summed E-state index contributed by atoms with van der Waals surface area (Å²) in [6.45, 7) is 0. The molecular formula is C16H20O3. The van der Waals surface area contributed by atoms with E-state index in [0.29, 0.717) is 12.3 Å². The lowest BCUT2D eigenvalue weighted by atomic mass is 9.84. The van der Waals surface area contributed by atoms with Crippen molar-refractivity contribution in [2.75, 3.05) is 7.11 Å². The number of hydrogen-bond acceptors (Lipinski definition) is 3. The predicted molar refractivity (Wildman–Crippen MR) is 73.5 cm³/mol. The number of fused-ring (bicyclic) bond motifs is 1. The zero-order valence-electron chi connectivity index (χ0n) is 11.2. The van der Waals surface area contributed by atoms with E-state index in [-0.39, 0.29) is 6.10 Å². The number of aliphatic hydroxyl groups excluding tert-OH is 1. The van der Waals surface area contributed by atoms with Crippen molar-refractivity contribution in [2.24, 2.45) is 5.92 Å². The molecule has 1 aromatic carbocycles. The van der Waals surface area contributed by atoms with Gasteiger partial charge in [0.25, 0.3) is 0 Å². The van der Waals surface area contributed by atoms with Crippen LogP contribution >= 0.6 is 0 Å². The van der Waals surface area contributed by atoms with Crippen molar-refractivity contribution in [2.45, 2.75) is 37.9 Å². The molecule has 0 bridgehead atoms. The van der Waals surface area contributed by atoms with Crippen molar-refractivity contribution in [1.29, 1.82) is 0 Å². The van der Waals surface area contributed by atoms with Crippen LogP contribution in [0.4, 0.5) is 0 Å². The molecule has 3 nitrogen and oxygen atoms in total. The second-order valence-electron chi connectivity index (χ2n) is 5.36. The number of benzene rings is 1. The molecule has 0 amide bonds. The second-order valence-corrected chi connectivity index (χ2v) is 5.36. The van der Waals surface area contributed by atoms with Crippen LogP contribution in [0.25, 0.3) is 0 Å². The zero-order valence-corrected chi connectivity index (χ0v) is 11.2. The van der Waals surface area contributed by atoms with Gasteiger partial charge in [0, 0.05) is 18.1 Å². The van der Waals surface area contributed by atoms with Crippen LogP contribution < -0.4 is 9.47 Å². The summed E-state index contributed by atoms with van der Waals surface area (Å²) >= 11 is 0. The fourth-order valence-corrected chi connectivity index (χ4v) is 3.02. The fourth-order valence-electron chi connectivity index (χ4n) is 3.02. The molecule has 0 saturated carbocycles. The molecule has 19 heavy (non-hydrogen) atoms. The Morgan fingerprint density at radius 2 is 2.21 bits per heavy atom. The van der Waals surface area contributed by atoms with Crippen LogP contribution in [-0.2, 0) is 0 Å². The Labute approximate surface area is 113 Å². The summed E-state index contributed by atoms with van der Waals surface area (Å²) in [5.41, 5.74) is 0.878. The first-order chi connectivity index (χ1) is 9.28. The SMILES string of the molecule is COc1ccc2c(c1)OC(C1CC=CCC1)C[C@H]2O. The summed E-state index contributed by atoms with van der Waals surface area (Å²) in [7, 11) is 1.64. The highest BCUT2D eigenvalue weighted by atomic mass is 16.5. The average molecular weight is 260 g/mol. The first-order valence-electron chi connectivity index (χ1n) is 6.95. The van der Waals surface area contributed by atoms with Gasteiger partial charge in [0.15, 0.2) is 0 Å². The molecule has 2 unspecified atom stereocenters. The van der Waals surface area contributed by atoms with Crippen molar-refractivity contribution in [3.05, 3.63) is 35.9 Å². The predicted octanol–water partition coefficient (Wildman–Crippen LogP) is 3.24. The van der Waals surface area contributed by atoms with Gasteiger partial charge in [0.2, 0.25) is 0 Å². The standard InChI is InChI=1S/C16H20O3/c1-18-12-7-8-13-14(17)10-15(19-16(13)9-12)11-5-3-2-4-6-11/h2-3,7-9,11,14-15,17H,4-6,10H2,1H3/t11?,14-,15?/m1/s1. The van der Waals surface area contributed by atoms with Crippen LogP contribution in [-0.4, -0.2) is 18.3 Å². The molecule has 0 saturated heterocycles. The highest BCUT2D eigenvalue weighted by molar-refractivity contribution is 5.43. The number of hydrogen-bond donors (Lipinski definition) is 1. The Balaban J connectivity index is 1.83. The number of methoxy groups -OCH3 is 1. The number of rotatable bonds is 2. The van der Waals surface area contributed by atoms with Crippen LogP contribution in [0.2, 0.25) is 0 Å². The minimum Gasteiger partial charge on any atom is -0.497 e. The van der Waals surface area contributed by atoms with E-state index in [2.05, 4.69) is 12.2 Å². The average Bonchev–Trinajstić information content (AvgIpc) is 2.47. The van der Waals surface area contributed by atoms with Crippen molar-refractivity contribution < 1.29 is 14.6 Å². The molecule has 1 aromatic rings. The summed E-state index contributed by atoms with van der Waals surface area (Å²) in [5.74, 6) is 2.06. The Morgan fingerprint density at radius 1 is 1.32 bits per heavy atom. The monoisotopic (exact) mass is 260 g/mol. The lowest BCUT2D eigenvalue weighted by Crippen LogP contribution is -2.33. The largest absolute Gasteiger partial charge is 0.497 e. The summed E-state index contributed by atoms with van der Waals surface area (Å²) in [4.78, 5) is 0. The van der Waals surface area contributed by atoms with Crippen molar-refractivity contribution in [3.63, 3.8) is 0 Å². The van der Waals surface area contributed by atoms with Crippen LogP contribution in [0.5, 0.6) is 11.5 Å². The van der Waals surface area contributed by atoms with Gasteiger partial charge in [-0.2, -0.15) is 0 Å². The lowest BCUT2D eigenvalue weighted by molar-refractivity contribution is 0.0312. The van der Waals surface area contributed by atoms with Crippen LogP contribution in [0.1, 0.15) is 37.4 Å². The minimum atomic E-state index is -0.425. The fraction of sp³-hybridized carbons (Fsp3) is 0.500. The molecule has 3 atom stereocenters. The third-order valence-corrected chi connectivity index (χ3v) is 4.15. The molecule has 2 aliphatic rings. The number of aliphatic hydroxyl groups is 1. The summed E-state index contributed by atoms with van der Waals surface area (Å²) < 4.78 is 11.3. The Bertz CT molecular complexity index is 481. The van der Waals surface area contributed by atoms with E-state index < -0.39 is 6.10 Å². The van der Waals surface area contributed by atoms with E-state index in [1.165, 1.54) is 0 Å². The molecule has 1 N–H and O–H groups in total.